The molecule has 1 aromatic carbocycles. The predicted molar refractivity (Wildman–Crippen MR) is 65.3 cm³/mol. The second-order valence-electron chi connectivity index (χ2n) is 3.70. The molecule has 0 spiro atoms. The highest BCUT2D eigenvalue weighted by molar-refractivity contribution is 5.90. The molecular weight excluding hydrogens is 222 g/mol. The number of hydrogen-bond acceptors (Lipinski definition) is 3. The first kappa shape index (κ1) is 13.0. The molecule has 0 unspecified atom stereocenters. The summed E-state index contributed by atoms with van der Waals surface area (Å²) in [6, 6.07) is 2.74. The summed E-state index contributed by atoms with van der Waals surface area (Å²) in [5, 5.41) is 16.0. The maximum atomic E-state index is 11.3. The molecule has 0 atom stereocenters. The lowest BCUT2D eigenvalue weighted by Crippen LogP contribution is -2.28. The van der Waals surface area contributed by atoms with Crippen molar-refractivity contribution in [1.29, 1.82) is 0 Å². The van der Waals surface area contributed by atoms with Gasteiger partial charge in [-0.2, -0.15) is 0 Å². The number of nitrogens with one attached hydrogen (secondary N) is 2. The molecule has 2 N–H and O–H groups in total. The van der Waals surface area contributed by atoms with Gasteiger partial charge in [-0.25, -0.2) is 4.79 Å². The summed E-state index contributed by atoms with van der Waals surface area (Å²) in [6.07, 6.45) is 0. The summed E-state index contributed by atoms with van der Waals surface area (Å²) in [4.78, 5) is 21.6. The summed E-state index contributed by atoms with van der Waals surface area (Å²) < 4.78 is 0. The van der Waals surface area contributed by atoms with Gasteiger partial charge in [0, 0.05) is 23.9 Å². The quantitative estimate of drug-likeness (QED) is 0.625. The van der Waals surface area contributed by atoms with Crippen LogP contribution in [0.5, 0.6) is 0 Å². The van der Waals surface area contributed by atoms with Crippen LogP contribution in [-0.4, -0.2) is 17.5 Å². The van der Waals surface area contributed by atoms with Gasteiger partial charge < -0.3 is 10.6 Å². The number of carbonyl (C=O) groups is 1. The van der Waals surface area contributed by atoms with E-state index in [2.05, 4.69) is 10.6 Å². The van der Waals surface area contributed by atoms with Crippen molar-refractivity contribution in [2.24, 2.45) is 0 Å². The number of carbonyl (C=O) groups excluding carboxylic acids is 1. The molecule has 92 valence electrons. The molecule has 0 aliphatic heterocycles. The van der Waals surface area contributed by atoms with Gasteiger partial charge >= 0.3 is 6.03 Å². The number of benzene rings is 1. The van der Waals surface area contributed by atoms with Gasteiger partial charge in [0.2, 0.25) is 0 Å². The molecule has 0 aliphatic carbocycles. The van der Waals surface area contributed by atoms with E-state index in [1.165, 1.54) is 6.07 Å². The molecule has 6 nitrogen and oxygen atoms in total. The van der Waals surface area contributed by atoms with Crippen molar-refractivity contribution in [3.63, 3.8) is 0 Å². The second kappa shape index (κ2) is 5.29. The van der Waals surface area contributed by atoms with Crippen LogP contribution >= 0.6 is 0 Å². The molecule has 0 saturated heterocycles. The highest BCUT2D eigenvalue weighted by atomic mass is 16.6. The maximum Gasteiger partial charge on any atom is 0.319 e. The number of urea groups is 1. The fraction of sp³-hybridized carbons (Fsp3) is 0.364. The van der Waals surface area contributed by atoms with E-state index in [-0.39, 0.29) is 11.7 Å². The Bertz CT molecular complexity index is 458. The number of nitro benzene ring substituents is 1. The minimum absolute atomic E-state index is 0.0592. The highest BCUT2D eigenvalue weighted by Crippen LogP contribution is 2.25. The molecular formula is C11H15N3O3. The van der Waals surface area contributed by atoms with Crippen molar-refractivity contribution in [2.45, 2.75) is 20.8 Å². The Hall–Kier alpha value is -2.11. The number of nitro groups is 1. The number of aryl methyl sites for hydroxylation is 2. The second-order valence-corrected chi connectivity index (χ2v) is 3.70. The third-order valence-corrected chi connectivity index (χ3v) is 2.33. The summed E-state index contributed by atoms with van der Waals surface area (Å²) in [5.41, 5.74) is 1.82. The number of anilines is 1. The minimum Gasteiger partial charge on any atom is -0.338 e. The summed E-state index contributed by atoms with van der Waals surface area (Å²) in [6.45, 7) is 5.69. The SMILES string of the molecule is CCNC(=O)Nc1cc(C)c([N+](=O)[O-])cc1C. The standard InChI is InChI=1S/C11H15N3O3/c1-4-12-11(15)13-9-5-8(3)10(14(16)17)6-7(9)2/h5-6H,4H2,1-3H3,(H2,12,13,15). The summed E-state index contributed by atoms with van der Waals surface area (Å²) in [7, 11) is 0. The van der Waals surface area contributed by atoms with Gasteiger partial charge in [0.25, 0.3) is 5.69 Å². The van der Waals surface area contributed by atoms with Gasteiger partial charge in [0.1, 0.15) is 0 Å². The van der Waals surface area contributed by atoms with E-state index in [1.807, 2.05) is 6.92 Å². The van der Waals surface area contributed by atoms with Crippen molar-refractivity contribution >= 4 is 17.4 Å². The van der Waals surface area contributed by atoms with Gasteiger partial charge in [-0.05, 0) is 32.4 Å². The van der Waals surface area contributed by atoms with Crippen LogP contribution in [0, 0.1) is 24.0 Å². The zero-order valence-electron chi connectivity index (χ0n) is 10.0. The Morgan fingerprint density at radius 2 is 2.00 bits per heavy atom. The first-order chi connectivity index (χ1) is 7.95. The first-order valence-electron chi connectivity index (χ1n) is 5.26. The van der Waals surface area contributed by atoms with Crippen LogP contribution < -0.4 is 10.6 Å². The smallest absolute Gasteiger partial charge is 0.319 e. The lowest BCUT2D eigenvalue weighted by molar-refractivity contribution is -0.385. The maximum absolute atomic E-state index is 11.3. The summed E-state index contributed by atoms with van der Waals surface area (Å²) in [5.74, 6) is 0. The van der Waals surface area contributed by atoms with Crippen molar-refractivity contribution in [3.05, 3.63) is 33.4 Å². The van der Waals surface area contributed by atoms with E-state index in [1.54, 1.807) is 19.9 Å². The molecule has 0 saturated carbocycles. The Morgan fingerprint density at radius 3 is 2.53 bits per heavy atom. The van der Waals surface area contributed by atoms with E-state index >= 15 is 0 Å². The topological polar surface area (TPSA) is 84.3 Å². The zero-order valence-corrected chi connectivity index (χ0v) is 10.0. The van der Waals surface area contributed by atoms with E-state index in [0.717, 1.165) is 0 Å². The van der Waals surface area contributed by atoms with E-state index in [0.29, 0.717) is 23.4 Å². The predicted octanol–water partition coefficient (Wildman–Crippen LogP) is 2.35. The van der Waals surface area contributed by atoms with Crippen molar-refractivity contribution in [1.82, 2.24) is 5.32 Å². The molecule has 0 aliphatic rings. The minimum atomic E-state index is -0.432. The Balaban J connectivity index is 2.99. The Labute approximate surface area is 99.2 Å². The molecule has 6 heteroatoms. The normalized spacial score (nSPS) is 9.82. The largest absolute Gasteiger partial charge is 0.338 e. The van der Waals surface area contributed by atoms with Gasteiger partial charge in [-0.3, -0.25) is 10.1 Å². The zero-order chi connectivity index (χ0) is 13.0. The third kappa shape index (κ3) is 3.17. The fourth-order valence-electron chi connectivity index (χ4n) is 1.46. The number of hydrogen-bond donors (Lipinski definition) is 2. The number of nitrogens with zero attached hydrogens (tertiary/aromatic N) is 1. The van der Waals surface area contributed by atoms with Crippen LogP contribution in [-0.2, 0) is 0 Å². The van der Waals surface area contributed by atoms with Crippen molar-refractivity contribution < 1.29 is 9.72 Å². The lowest BCUT2D eigenvalue weighted by Gasteiger charge is -2.10. The summed E-state index contributed by atoms with van der Waals surface area (Å²) >= 11 is 0. The average molecular weight is 237 g/mol. The monoisotopic (exact) mass is 237 g/mol. The molecule has 0 aromatic heterocycles. The van der Waals surface area contributed by atoms with Crippen LogP contribution in [0.3, 0.4) is 0 Å². The average Bonchev–Trinajstić information content (AvgIpc) is 2.22. The molecule has 2 amide bonds. The Kier molecular flexibility index (Phi) is 4.03. The van der Waals surface area contributed by atoms with Gasteiger partial charge in [-0.1, -0.05) is 0 Å². The molecule has 0 bridgehead atoms. The van der Waals surface area contributed by atoms with Crippen LogP contribution in [0.15, 0.2) is 12.1 Å². The number of amides is 2. The fourth-order valence-corrected chi connectivity index (χ4v) is 1.46. The third-order valence-electron chi connectivity index (χ3n) is 2.33. The van der Waals surface area contributed by atoms with E-state index < -0.39 is 4.92 Å². The number of rotatable bonds is 3. The van der Waals surface area contributed by atoms with E-state index in [4.69, 9.17) is 0 Å². The van der Waals surface area contributed by atoms with Crippen LogP contribution in [0.25, 0.3) is 0 Å². The Morgan fingerprint density at radius 1 is 1.35 bits per heavy atom. The van der Waals surface area contributed by atoms with Gasteiger partial charge in [-0.15, -0.1) is 0 Å². The van der Waals surface area contributed by atoms with Gasteiger partial charge in [0.05, 0.1) is 4.92 Å². The highest BCUT2D eigenvalue weighted by Gasteiger charge is 2.14. The molecule has 17 heavy (non-hydrogen) atoms. The first-order valence-corrected chi connectivity index (χ1v) is 5.26. The van der Waals surface area contributed by atoms with Crippen LogP contribution in [0.4, 0.5) is 16.2 Å². The molecule has 1 aromatic rings. The van der Waals surface area contributed by atoms with Crippen LogP contribution in [0.2, 0.25) is 0 Å². The molecule has 1 rings (SSSR count). The molecule has 0 radical (unpaired) electrons. The lowest BCUT2D eigenvalue weighted by atomic mass is 10.1. The van der Waals surface area contributed by atoms with Crippen LogP contribution in [0.1, 0.15) is 18.1 Å². The van der Waals surface area contributed by atoms with Crippen molar-refractivity contribution in [2.75, 3.05) is 11.9 Å². The van der Waals surface area contributed by atoms with Gasteiger partial charge in [0.15, 0.2) is 0 Å². The molecule has 0 fully saturated rings. The van der Waals surface area contributed by atoms with E-state index in [9.17, 15) is 14.9 Å². The van der Waals surface area contributed by atoms with Crippen molar-refractivity contribution in [3.8, 4) is 0 Å². The molecule has 0 heterocycles.